The molecule has 2 heterocycles. The quantitative estimate of drug-likeness (QED) is 0.0377. The molecule has 1 saturated carbocycles. The van der Waals surface area contributed by atoms with Gasteiger partial charge in [-0.15, -0.1) is 6.58 Å². The number of allylic oxidation sites excluding steroid dienone is 1. The molecular formula is C50H54FN3O11. The number of halogens is 1. The molecule has 14 nitrogen and oxygen atoms in total. The van der Waals surface area contributed by atoms with Crippen LogP contribution in [0.25, 0.3) is 0 Å². The van der Waals surface area contributed by atoms with Crippen molar-refractivity contribution in [2.75, 3.05) is 33.7 Å². The zero-order valence-corrected chi connectivity index (χ0v) is 36.3. The van der Waals surface area contributed by atoms with Crippen molar-refractivity contribution >= 4 is 17.3 Å². The molecule has 2 aliphatic carbocycles. The molecule has 6 unspecified atom stereocenters. The minimum absolute atomic E-state index is 0.000589. The number of oxime groups is 1. The second kappa shape index (κ2) is 20.3. The fourth-order valence-electron chi connectivity index (χ4n) is 9.87. The number of carbonyl (C=O) groups is 1. The number of non-ortho nitro benzene ring substituents is 1. The maximum Gasteiger partial charge on any atom is 0.269 e. The van der Waals surface area contributed by atoms with E-state index in [0.29, 0.717) is 58.2 Å². The third-order valence-electron chi connectivity index (χ3n) is 13.0. The van der Waals surface area contributed by atoms with E-state index in [-0.39, 0.29) is 81.4 Å². The largest absolute Gasteiger partial charge is 0.489 e. The zero-order chi connectivity index (χ0) is 45.5. The summed E-state index contributed by atoms with van der Waals surface area (Å²) in [6.45, 7) is 4.23. The first kappa shape index (κ1) is 45.3. The highest BCUT2D eigenvalue weighted by atomic mass is 19.1. The number of carbonyl (C=O) groups excluding carboxylic acids is 1. The van der Waals surface area contributed by atoms with Gasteiger partial charge in [0.15, 0.2) is 11.5 Å². The fraction of sp³-hybridized carbons (Fsp3) is 0.400. The van der Waals surface area contributed by atoms with E-state index in [1.807, 2.05) is 12.1 Å². The average molecular weight is 892 g/mol. The number of nitro benzene ring substituents is 1. The van der Waals surface area contributed by atoms with Crippen molar-refractivity contribution in [1.29, 1.82) is 0 Å². The van der Waals surface area contributed by atoms with Gasteiger partial charge >= 0.3 is 0 Å². The van der Waals surface area contributed by atoms with E-state index in [0.717, 1.165) is 36.8 Å². The molecule has 1 fully saturated rings. The topological polar surface area (TPSA) is 172 Å². The van der Waals surface area contributed by atoms with Gasteiger partial charge < -0.3 is 43.6 Å². The second-order valence-electron chi connectivity index (χ2n) is 16.8. The Kier molecular flexibility index (Phi) is 14.1. The number of benzene rings is 4. The molecule has 8 rings (SSSR count). The van der Waals surface area contributed by atoms with Gasteiger partial charge in [0.1, 0.15) is 36.6 Å². The molecule has 0 radical (unpaired) electrons. The lowest BCUT2D eigenvalue weighted by Gasteiger charge is -2.59. The van der Waals surface area contributed by atoms with Gasteiger partial charge in [-0.25, -0.2) is 4.39 Å². The van der Waals surface area contributed by atoms with Crippen molar-refractivity contribution in [3.8, 4) is 23.0 Å². The Morgan fingerprint density at radius 3 is 2.48 bits per heavy atom. The van der Waals surface area contributed by atoms with Crippen molar-refractivity contribution < 1.29 is 52.8 Å². The highest BCUT2D eigenvalue weighted by Crippen LogP contribution is 2.62. The van der Waals surface area contributed by atoms with Gasteiger partial charge in [0.05, 0.1) is 23.2 Å². The lowest BCUT2D eigenvalue weighted by Crippen LogP contribution is -2.69. The van der Waals surface area contributed by atoms with Crippen LogP contribution in [0.1, 0.15) is 77.9 Å². The molecule has 15 heteroatoms. The lowest BCUT2D eigenvalue weighted by atomic mass is 9.55. The molecular weight excluding hydrogens is 838 g/mol. The van der Waals surface area contributed by atoms with Gasteiger partial charge in [-0.05, 0) is 103 Å². The Morgan fingerprint density at radius 1 is 0.969 bits per heavy atom. The first-order valence-electron chi connectivity index (χ1n) is 22.1. The predicted octanol–water partition coefficient (Wildman–Crippen LogP) is 8.65. The van der Waals surface area contributed by atoms with Crippen LogP contribution in [-0.2, 0) is 22.8 Å². The summed E-state index contributed by atoms with van der Waals surface area (Å²) < 4.78 is 46.5. The molecule has 2 N–H and O–H groups in total. The maximum atomic E-state index is 14.8. The SMILES string of the molecule is C=CCOC12Oc3ccc(OCc4ccccc4F)cc3C3C(CCCCO)C(CCCCO)C=C(C(=NOCc4ccc([N+](=O)[O-])cc4)CC1N(C)C(=O)c1ccc4c(c1)OCO4)C32. The highest BCUT2D eigenvalue weighted by molar-refractivity contribution is 6.03. The smallest absolute Gasteiger partial charge is 0.269 e. The monoisotopic (exact) mass is 891 g/mol. The predicted molar refractivity (Wildman–Crippen MR) is 238 cm³/mol. The van der Waals surface area contributed by atoms with Crippen molar-refractivity contribution in [1.82, 2.24) is 4.90 Å². The molecule has 4 aliphatic rings. The molecule has 342 valence electrons. The Labute approximate surface area is 377 Å². The molecule has 0 saturated heterocycles. The summed E-state index contributed by atoms with van der Waals surface area (Å²) in [6, 6.07) is 22.4. The number of aliphatic hydroxyl groups excluding tert-OH is 2. The minimum Gasteiger partial charge on any atom is -0.489 e. The number of aliphatic hydroxyl groups is 2. The van der Waals surface area contributed by atoms with Crippen LogP contribution in [0.4, 0.5) is 10.1 Å². The van der Waals surface area contributed by atoms with Crippen LogP contribution in [0.2, 0.25) is 0 Å². The maximum absolute atomic E-state index is 14.8. The van der Waals surface area contributed by atoms with E-state index < -0.39 is 22.7 Å². The fourth-order valence-corrected chi connectivity index (χ4v) is 9.87. The first-order chi connectivity index (χ1) is 31.6. The van der Waals surface area contributed by atoms with E-state index in [9.17, 15) is 29.5 Å². The summed E-state index contributed by atoms with van der Waals surface area (Å²) in [7, 11) is 1.72. The van der Waals surface area contributed by atoms with E-state index >= 15 is 0 Å². The molecule has 2 aliphatic heterocycles. The summed E-state index contributed by atoms with van der Waals surface area (Å²) in [6.07, 6.45) is 8.22. The standard InChI is InChI=1S/C50H54FN3O11/c1-3-24-63-50-46(53(2)49(57)34-16-20-44-45(26-34)62-31-61-44)28-42(52-64-29-32-14-17-36(18-15-32)54(58)59)39-25-33(10-6-8-22-55)38(12-7-9-23-56)47(48(39)50)40-27-37(19-21-43(40)65-50)60-30-35-11-4-5-13-41(35)51/h3-5,11,13-21,25-27,33,38,46-48,55-56H,1,6-10,12,22-24,28-31H2,2H3. The molecule has 6 atom stereocenters. The van der Waals surface area contributed by atoms with Crippen molar-refractivity contribution in [3.05, 3.63) is 147 Å². The van der Waals surface area contributed by atoms with E-state index in [4.69, 9.17) is 33.7 Å². The summed E-state index contributed by atoms with van der Waals surface area (Å²) in [5, 5.41) is 36.1. The van der Waals surface area contributed by atoms with Gasteiger partial charge in [0, 0.05) is 61.4 Å². The van der Waals surface area contributed by atoms with E-state index in [1.54, 1.807) is 72.6 Å². The van der Waals surface area contributed by atoms with Crippen molar-refractivity contribution in [3.63, 3.8) is 0 Å². The number of ether oxygens (including phenoxy) is 5. The van der Waals surface area contributed by atoms with Crippen molar-refractivity contribution in [2.24, 2.45) is 22.9 Å². The normalized spacial score (nSPS) is 23.1. The Balaban J connectivity index is 1.28. The van der Waals surface area contributed by atoms with Crippen molar-refractivity contribution in [2.45, 2.75) is 75.9 Å². The zero-order valence-electron chi connectivity index (χ0n) is 36.3. The number of amides is 1. The molecule has 0 aromatic heterocycles. The van der Waals surface area contributed by atoms with Crippen LogP contribution in [0.5, 0.6) is 23.0 Å². The molecule has 0 bridgehead atoms. The lowest BCUT2D eigenvalue weighted by molar-refractivity contribution is -0.384. The number of fused-ring (bicyclic) bond motifs is 3. The van der Waals surface area contributed by atoms with Gasteiger partial charge in [0.2, 0.25) is 12.6 Å². The molecule has 0 spiro atoms. The first-order valence-corrected chi connectivity index (χ1v) is 22.1. The Morgan fingerprint density at radius 2 is 1.72 bits per heavy atom. The van der Waals surface area contributed by atoms with Gasteiger partial charge in [-0.2, -0.15) is 0 Å². The van der Waals surface area contributed by atoms with Crippen LogP contribution in [0.15, 0.2) is 114 Å². The number of nitro groups is 1. The van der Waals surface area contributed by atoms with E-state index in [2.05, 4.69) is 12.7 Å². The number of hydrogen-bond acceptors (Lipinski definition) is 12. The van der Waals surface area contributed by atoms with Crippen LogP contribution in [0, 0.1) is 33.7 Å². The van der Waals surface area contributed by atoms with Gasteiger partial charge in [-0.3, -0.25) is 14.9 Å². The van der Waals surface area contributed by atoms with Crippen LogP contribution in [-0.4, -0.2) is 77.1 Å². The number of rotatable bonds is 20. The van der Waals surface area contributed by atoms with Crippen LogP contribution < -0.4 is 18.9 Å². The summed E-state index contributed by atoms with van der Waals surface area (Å²) in [4.78, 5) is 33.4. The minimum atomic E-state index is -1.50. The number of unbranched alkanes of at least 4 members (excludes halogenated alkanes) is 2. The van der Waals surface area contributed by atoms with Crippen LogP contribution >= 0.6 is 0 Å². The number of nitrogens with zero attached hydrogens (tertiary/aromatic N) is 3. The van der Waals surface area contributed by atoms with E-state index in [1.165, 1.54) is 18.2 Å². The second-order valence-corrected chi connectivity index (χ2v) is 16.8. The Hall–Kier alpha value is -6.29. The average Bonchev–Trinajstić information content (AvgIpc) is 3.80. The highest BCUT2D eigenvalue weighted by Gasteiger charge is 2.65. The van der Waals surface area contributed by atoms with Gasteiger partial charge in [-0.1, -0.05) is 48.3 Å². The molecule has 4 aromatic rings. The summed E-state index contributed by atoms with van der Waals surface area (Å²) >= 11 is 0. The molecule has 65 heavy (non-hydrogen) atoms. The number of likely N-dealkylation sites (N-methyl/N-ethyl adjacent to an activating group) is 1. The Bertz CT molecular complexity index is 2430. The third-order valence-corrected chi connectivity index (χ3v) is 13.0. The molecule has 1 amide bonds. The molecule has 4 aromatic carbocycles. The van der Waals surface area contributed by atoms with Crippen LogP contribution in [0.3, 0.4) is 0 Å². The summed E-state index contributed by atoms with van der Waals surface area (Å²) in [5.74, 6) is -1.12. The third kappa shape index (κ3) is 9.44. The van der Waals surface area contributed by atoms with Gasteiger partial charge in [0.25, 0.3) is 11.6 Å². The number of hydrogen-bond donors (Lipinski definition) is 2. The summed E-state index contributed by atoms with van der Waals surface area (Å²) in [5.41, 5.74) is 3.66.